The van der Waals surface area contributed by atoms with Crippen LogP contribution in [0, 0.1) is 11.3 Å². The summed E-state index contributed by atoms with van der Waals surface area (Å²) in [7, 11) is 1.62. The molecule has 2 N–H and O–H groups in total. The predicted molar refractivity (Wildman–Crippen MR) is 91.0 cm³/mol. The number of methoxy groups -OCH3 is 1. The van der Waals surface area contributed by atoms with Crippen molar-refractivity contribution in [2.75, 3.05) is 20.2 Å². The van der Waals surface area contributed by atoms with Gasteiger partial charge < -0.3 is 15.2 Å². The molecule has 0 spiro atoms. The molecule has 0 fully saturated rings. The lowest BCUT2D eigenvalue weighted by Crippen LogP contribution is -2.21. The van der Waals surface area contributed by atoms with E-state index >= 15 is 0 Å². The Kier molecular flexibility index (Phi) is 6.37. The number of nitriles is 1. The average Bonchev–Trinajstić information content (AvgIpc) is 2.62. The van der Waals surface area contributed by atoms with Crippen molar-refractivity contribution in [1.82, 2.24) is 5.32 Å². The number of benzene rings is 2. The Bertz CT molecular complexity index is 670. The van der Waals surface area contributed by atoms with Crippen molar-refractivity contribution in [2.24, 2.45) is 0 Å². The lowest BCUT2D eigenvalue weighted by atomic mass is 10.1. The zero-order valence-corrected chi connectivity index (χ0v) is 13.1. The molecule has 0 bridgehead atoms. The lowest BCUT2D eigenvalue weighted by Gasteiger charge is -2.11. The van der Waals surface area contributed by atoms with E-state index in [9.17, 15) is 5.11 Å². The van der Waals surface area contributed by atoms with E-state index in [4.69, 9.17) is 10.00 Å². The summed E-state index contributed by atoms with van der Waals surface area (Å²) in [5.41, 5.74) is 2.55. The molecule has 0 heterocycles. The quantitative estimate of drug-likeness (QED) is 0.772. The Morgan fingerprint density at radius 3 is 2.48 bits per heavy atom. The fourth-order valence-electron chi connectivity index (χ4n) is 2.11. The van der Waals surface area contributed by atoms with Crippen LogP contribution in [0.1, 0.15) is 22.8 Å². The molecule has 0 amide bonds. The van der Waals surface area contributed by atoms with Crippen LogP contribution in [0.15, 0.2) is 54.6 Å². The van der Waals surface area contributed by atoms with E-state index in [1.807, 2.05) is 48.6 Å². The van der Waals surface area contributed by atoms with Crippen LogP contribution < -0.4 is 10.1 Å². The molecule has 1 atom stereocenters. The highest BCUT2D eigenvalue weighted by Crippen LogP contribution is 2.16. The third kappa shape index (κ3) is 5.26. The van der Waals surface area contributed by atoms with E-state index in [2.05, 4.69) is 11.4 Å². The molecular formula is C19H20N2O2. The van der Waals surface area contributed by atoms with E-state index in [1.54, 1.807) is 19.2 Å². The summed E-state index contributed by atoms with van der Waals surface area (Å²) >= 11 is 0. The number of ether oxygens (including phenoxy) is 1. The van der Waals surface area contributed by atoms with Gasteiger partial charge in [0.15, 0.2) is 0 Å². The molecule has 2 rings (SSSR count). The number of nitrogens with one attached hydrogen (secondary N) is 1. The second-order valence-electron chi connectivity index (χ2n) is 5.08. The molecule has 118 valence electrons. The topological polar surface area (TPSA) is 65.3 Å². The first kappa shape index (κ1) is 16.8. The minimum absolute atomic E-state index is 0.476. The van der Waals surface area contributed by atoms with E-state index in [0.717, 1.165) is 16.9 Å². The van der Waals surface area contributed by atoms with Crippen molar-refractivity contribution < 1.29 is 9.84 Å². The van der Waals surface area contributed by atoms with Gasteiger partial charge in [0.2, 0.25) is 0 Å². The second-order valence-corrected chi connectivity index (χ2v) is 5.08. The maximum absolute atomic E-state index is 10.1. The van der Waals surface area contributed by atoms with Crippen LogP contribution in [0.3, 0.4) is 0 Å². The molecule has 0 aliphatic heterocycles. The van der Waals surface area contributed by atoms with Gasteiger partial charge in [0.25, 0.3) is 0 Å². The molecule has 0 aromatic heterocycles. The third-order valence-electron chi connectivity index (χ3n) is 3.45. The van der Waals surface area contributed by atoms with Gasteiger partial charge in [-0.05, 0) is 35.4 Å². The van der Waals surface area contributed by atoms with Crippen molar-refractivity contribution in [3.8, 4) is 11.8 Å². The van der Waals surface area contributed by atoms with Crippen molar-refractivity contribution >= 4 is 6.08 Å². The fourth-order valence-corrected chi connectivity index (χ4v) is 2.11. The van der Waals surface area contributed by atoms with Gasteiger partial charge in [-0.2, -0.15) is 5.26 Å². The van der Waals surface area contributed by atoms with Crippen LogP contribution in [-0.4, -0.2) is 25.3 Å². The summed E-state index contributed by atoms with van der Waals surface area (Å²) < 4.78 is 5.09. The van der Waals surface area contributed by atoms with Crippen molar-refractivity contribution in [3.05, 3.63) is 71.3 Å². The van der Waals surface area contributed by atoms with Gasteiger partial charge in [-0.25, -0.2) is 0 Å². The van der Waals surface area contributed by atoms with Crippen LogP contribution >= 0.6 is 0 Å². The van der Waals surface area contributed by atoms with Crippen LogP contribution in [0.2, 0.25) is 0 Å². The predicted octanol–water partition coefficient (Wildman–Crippen LogP) is 2.90. The summed E-state index contributed by atoms with van der Waals surface area (Å²) in [6.07, 6.45) is 3.42. The summed E-state index contributed by atoms with van der Waals surface area (Å²) in [5.74, 6) is 0.777. The molecule has 0 aliphatic rings. The number of hydrogen-bond acceptors (Lipinski definition) is 4. The van der Waals surface area contributed by atoms with Gasteiger partial charge in [-0.15, -0.1) is 0 Å². The van der Waals surface area contributed by atoms with Crippen LogP contribution in [0.5, 0.6) is 5.75 Å². The maximum atomic E-state index is 10.1. The minimum atomic E-state index is -0.552. The van der Waals surface area contributed by atoms with Crippen LogP contribution in [0.25, 0.3) is 6.08 Å². The molecule has 4 heteroatoms. The SMILES string of the molecule is COc1ccc(C(O)CNC/C=C/c2ccc(C#N)cc2)cc1. The Morgan fingerprint density at radius 2 is 1.87 bits per heavy atom. The second kappa shape index (κ2) is 8.74. The number of hydrogen-bond donors (Lipinski definition) is 2. The van der Waals surface area contributed by atoms with E-state index in [0.29, 0.717) is 18.7 Å². The highest BCUT2D eigenvalue weighted by atomic mass is 16.5. The summed E-state index contributed by atoms with van der Waals surface area (Å²) in [6.45, 7) is 1.14. The Morgan fingerprint density at radius 1 is 1.17 bits per heavy atom. The first-order valence-corrected chi connectivity index (χ1v) is 7.42. The van der Waals surface area contributed by atoms with Gasteiger partial charge in [0, 0.05) is 13.1 Å². The molecule has 0 saturated heterocycles. The van der Waals surface area contributed by atoms with Crippen LogP contribution in [0.4, 0.5) is 0 Å². The third-order valence-corrected chi connectivity index (χ3v) is 3.45. The largest absolute Gasteiger partial charge is 0.497 e. The number of nitrogens with zero attached hydrogens (tertiary/aromatic N) is 1. The standard InChI is InChI=1S/C19H20N2O2/c1-23-18-10-8-17(9-11-18)19(22)14-21-12-2-3-15-4-6-16(13-20)7-5-15/h2-11,19,21-22H,12,14H2,1H3/b3-2+. The zero-order chi connectivity index (χ0) is 16.5. The molecule has 23 heavy (non-hydrogen) atoms. The first-order valence-electron chi connectivity index (χ1n) is 7.42. The van der Waals surface area contributed by atoms with Crippen molar-refractivity contribution in [1.29, 1.82) is 5.26 Å². The van der Waals surface area contributed by atoms with E-state index in [-0.39, 0.29) is 0 Å². The van der Waals surface area contributed by atoms with Crippen molar-refractivity contribution in [3.63, 3.8) is 0 Å². The smallest absolute Gasteiger partial charge is 0.118 e. The monoisotopic (exact) mass is 308 g/mol. The molecule has 0 radical (unpaired) electrons. The van der Waals surface area contributed by atoms with Gasteiger partial charge in [-0.3, -0.25) is 0 Å². The van der Waals surface area contributed by atoms with E-state index in [1.165, 1.54) is 0 Å². The minimum Gasteiger partial charge on any atom is -0.497 e. The Balaban J connectivity index is 1.75. The Hall–Kier alpha value is -2.61. The molecule has 2 aromatic carbocycles. The average molecular weight is 308 g/mol. The fraction of sp³-hybridized carbons (Fsp3) is 0.211. The van der Waals surface area contributed by atoms with Crippen LogP contribution in [-0.2, 0) is 0 Å². The normalized spacial score (nSPS) is 12.0. The van der Waals surface area contributed by atoms with Gasteiger partial charge >= 0.3 is 0 Å². The first-order chi connectivity index (χ1) is 11.2. The number of rotatable bonds is 7. The molecular weight excluding hydrogens is 288 g/mol. The zero-order valence-electron chi connectivity index (χ0n) is 13.1. The van der Waals surface area contributed by atoms with E-state index < -0.39 is 6.10 Å². The Labute approximate surface area is 136 Å². The molecule has 0 saturated carbocycles. The summed E-state index contributed by atoms with van der Waals surface area (Å²) in [4.78, 5) is 0. The van der Waals surface area contributed by atoms with Crippen molar-refractivity contribution in [2.45, 2.75) is 6.10 Å². The highest BCUT2D eigenvalue weighted by Gasteiger charge is 2.06. The van der Waals surface area contributed by atoms with Gasteiger partial charge in [-0.1, -0.05) is 36.4 Å². The molecule has 4 nitrogen and oxygen atoms in total. The molecule has 2 aromatic rings. The maximum Gasteiger partial charge on any atom is 0.118 e. The summed E-state index contributed by atoms with van der Waals surface area (Å²) in [5, 5.41) is 22.0. The highest BCUT2D eigenvalue weighted by molar-refractivity contribution is 5.51. The molecule has 0 aliphatic carbocycles. The number of aliphatic hydroxyl groups is 1. The van der Waals surface area contributed by atoms with Gasteiger partial charge in [0.1, 0.15) is 5.75 Å². The lowest BCUT2D eigenvalue weighted by molar-refractivity contribution is 0.176. The summed E-state index contributed by atoms with van der Waals surface area (Å²) in [6, 6.07) is 16.9. The molecule has 1 unspecified atom stereocenters. The number of aliphatic hydroxyl groups excluding tert-OH is 1. The van der Waals surface area contributed by atoms with Gasteiger partial charge in [0.05, 0.1) is 24.8 Å².